The molecule has 2 amide bonds. The first-order valence-corrected chi connectivity index (χ1v) is 7.60. The summed E-state index contributed by atoms with van der Waals surface area (Å²) in [5.74, 6) is 0.161. The van der Waals surface area contributed by atoms with Crippen molar-refractivity contribution in [2.75, 3.05) is 27.4 Å². The highest BCUT2D eigenvalue weighted by Crippen LogP contribution is 2.16. The third-order valence-electron chi connectivity index (χ3n) is 3.56. The molecule has 0 unspecified atom stereocenters. The third kappa shape index (κ3) is 5.90. The molecule has 0 saturated heterocycles. The van der Waals surface area contributed by atoms with Crippen molar-refractivity contribution in [2.45, 2.75) is 26.8 Å². The van der Waals surface area contributed by atoms with Crippen molar-refractivity contribution in [3.8, 4) is 5.75 Å². The van der Waals surface area contributed by atoms with E-state index in [-0.39, 0.29) is 11.8 Å². The van der Waals surface area contributed by atoms with Gasteiger partial charge in [0.15, 0.2) is 0 Å². The second-order valence-electron chi connectivity index (χ2n) is 5.76. The molecule has 6 heteroatoms. The van der Waals surface area contributed by atoms with Gasteiger partial charge in [-0.3, -0.25) is 9.59 Å². The number of hydrogen-bond acceptors (Lipinski definition) is 4. The summed E-state index contributed by atoms with van der Waals surface area (Å²) in [7, 11) is 3.21. The Kier molecular flexibility index (Phi) is 7.54. The van der Waals surface area contributed by atoms with Crippen LogP contribution in [0.5, 0.6) is 5.75 Å². The van der Waals surface area contributed by atoms with Gasteiger partial charge in [0, 0.05) is 26.8 Å². The minimum Gasteiger partial charge on any atom is -0.497 e. The maximum absolute atomic E-state index is 12.3. The fraction of sp³-hybridized carbons (Fsp3) is 0.529. The lowest BCUT2D eigenvalue weighted by atomic mass is 9.91. The molecule has 0 radical (unpaired) electrons. The predicted molar refractivity (Wildman–Crippen MR) is 88.1 cm³/mol. The topological polar surface area (TPSA) is 76.7 Å². The van der Waals surface area contributed by atoms with Crippen LogP contribution in [0, 0.1) is 5.41 Å². The summed E-state index contributed by atoms with van der Waals surface area (Å²) in [6.45, 7) is 4.65. The van der Waals surface area contributed by atoms with E-state index in [2.05, 4.69) is 10.6 Å². The third-order valence-corrected chi connectivity index (χ3v) is 3.56. The molecule has 0 heterocycles. The van der Waals surface area contributed by atoms with Gasteiger partial charge in [-0.05, 0) is 38.0 Å². The first kappa shape index (κ1) is 19.0. The van der Waals surface area contributed by atoms with Gasteiger partial charge in [0.1, 0.15) is 11.2 Å². The van der Waals surface area contributed by atoms with Gasteiger partial charge in [0.2, 0.25) is 11.8 Å². The van der Waals surface area contributed by atoms with Gasteiger partial charge >= 0.3 is 0 Å². The van der Waals surface area contributed by atoms with E-state index in [9.17, 15) is 9.59 Å². The Bertz CT molecular complexity index is 512. The molecule has 0 aliphatic heterocycles. The average Bonchev–Trinajstić information content (AvgIpc) is 2.56. The Labute approximate surface area is 137 Å². The van der Waals surface area contributed by atoms with E-state index in [1.165, 1.54) is 0 Å². The molecule has 23 heavy (non-hydrogen) atoms. The van der Waals surface area contributed by atoms with Crippen molar-refractivity contribution >= 4 is 11.8 Å². The van der Waals surface area contributed by atoms with Crippen molar-refractivity contribution in [3.05, 3.63) is 29.8 Å². The minimum absolute atomic E-state index is 0.291. The van der Waals surface area contributed by atoms with Crippen LogP contribution in [0.4, 0.5) is 0 Å². The number of amides is 2. The Hall–Kier alpha value is -2.08. The quantitative estimate of drug-likeness (QED) is 0.533. The number of carbonyl (C=O) groups excluding carboxylic acids is 2. The summed E-state index contributed by atoms with van der Waals surface area (Å²) in [4.78, 5) is 24.4. The number of ether oxygens (including phenoxy) is 2. The van der Waals surface area contributed by atoms with Crippen molar-refractivity contribution in [1.82, 2.24) is 10.6 Å². The second-order valence-corrected chi connectivity index (χ2v) is 5.76. The van der Waals surface area contributed by atoms with E-state index < -0.39 is 5.41 Å². The fourth-order valence-electron chi connectivity index (χ4n) is 1.89. The van der Waals surface area contributed by atoms with Gasteiger partial charge < -0.3 is 20.1 Å². The molecule has 0 aliphatic rings. The van der Waals surface area contributed by atoms with Crippen LogP contribution in [0.2, 0.25) is 0 Å². The Morgan fingerprint density at radius 3 is 2.22 bits per heavy atom. The lowest BCUT2D eigenvalue weighted by Crippen LogP contribution is -2.47. The second kappa shape index (κ2) is 9.15. The van der Waals surface area contributed by atoms with Gasteiger partial charge in [0.25, 0.3) is 0 Å². The van der Waals surface area contributed by atoms with Gasteiger partial charge in [-0.25, -0.2) is 0 Å². The van der Waals surface area contributed by atoms with Gasteiger partial charge in [-0.1, -0.05) is 12.1 Å². The van der Waals surface area contributed by atoms with Crippen molar-refractivity contribution in [2.24, 2.45) is 5.41 Å². The normalized spacial score (nSPS) is 11.0. The van der Waals surface area contributed by atoms with E-state index in [0.29, 0.717) is 26.1 Å². The number of hydrogen-bond donors (Lipinski definition) is 2. The largest absolute Gasteiger partial charge is 0.497 e. The Morgan fingerprint density at radius 1 is 1.04 bits per heavy atom. The Balaban J connectivity index is 2.48. The highest BCUT2D eigenvalue weighted by molar-refractivity contribution is 6.04. The molecule has 1 aromatic carbocycles. The molecule has 0 aliphatic carbocycles. The minimum atomic E-state index is -1.13. The van der Waals surface area contributed by atoms with Gasteiger partial charge in [-0.2, -0.15) is 0 Å². The number of rotatable bonds is 9. The van der Waals surface area contributed by atoms with Crippen molar-refractivity contribution in [1.29, 1.82) is 0 Å². The first-order chi connectivity index (χ1) is 10.9. The molecule has 0 atom stereocenters. The van der Waals surface area contributed by atoms with E-state index in [4.69, 9.17) is 9.47 Å². The van der Waals surface area contributed by atoms with Gasteiger partial charge in [-0.15, -0.1) is 0 Å². The summed E-state index contributed by atoms with van der Waals surface area (Å²) in [5.41, 5.74) is -0.185. The van der Waals surface area contributed by atoms with Crippen LogP contribution in [0.3, 0.4) is 0 Å². The molecule has 6 nitrogen and oxygen atoms in total. The van der Waals surface area contributed by atoms with Crippen molar-refractivity contribution < 1.29 is 19.1 Å². The molecule has 0 bridgehead atoms. The Morgan fingerprint density at radius 2 is 1.65 bits per heavy atom. The van der Waals surface area contributed by atoms with E-state index in [1.54, 1.807) is 28.1 Å². The molecule has 0 spiro atoms. The SMILES string of the molecule is COCCCNC(=O)C(C)(C)C(=O)NCc1ccc(OC)cc1. The van der Waals surface area contributed by atoms with Crippen LogP contribution in [-0.4, -0.2) is 39.2 Å². The maximum atomic E-state index is 12.3. The fourth-order valence-corrected chi connectivity index (χ4v) is 1.89. The van der Waals surface area contributed by atoms with Crippen molar-refractivity contribution in [3.63, 3.8) is 0 Å². The smallest absolute Gasteiger partial charge is 0.235 e. The van der Waals surface area contributed by atoms with E-state index in [0.717, 1.165) is 11.3 Å². The summed E-state index contributed by atoms with van der Waals surface area (Å²) < 4.78 is 10.0. The number of nitrogens with one attached hydrogen (secondary N) is 2. The zero-order valence-corrected chi connectivity index (χ0v) is 14.3. The molecule has 0 aromatic heterocycles. The lowest BCUT2D eigenvalue weighted by molar-refractivity contribution is -0.141. The standard InChI is InChI=1S/C17H26N2O4/c1-17(2,15(20)18-10-5-11-22-3)16(21)19-12-13-6-8-14(23-4)9-7-13/h6-9H,5,10-12H2,1-4H3,(H,18,20)(H,19,21). The highest BCUT2D eigenvalue weighted by atomic mass is 16.5. The van der Waals surface area contributed by atoms with Crippen LogP contribution in [0.25, 0.3) is 0 Å². The number of methoxy groups -OCH3 is 2. The summed E-state index contributed by atoms with van der Waals surface area (Å²) in [6, 6.07) is 7.40. The molecule has 2 N–H and O–H groups in total. The monoisotopic (exact) mass is 322 g/mol. The van der Waals surface area contributed by atoms with Gasteiger partial charge in [0.05, 0.1) is 7.11 Å². The van der Waals surface area contributed by atoms with E-state index in [1.807, 2.05) is 24.3 Å². The predicted octanol–water partition coefficient (Wildman–Crippen LogP) is 1.49. The molecule has 128 valence electrons. The lowest BCUT2D eigenvalue weighted by Gasteiger charge is -2.22. The molecule has 1 rings (SSSR count). The number of benzene rings is 1. The summed E-state index contributed by atoms with van der Waals surface area (Å²) >= 11 is 0. The molecule has 0 saturated carbocycles. The highest BCUT2D eigenvalue weighted by Gasteiger charge is 2.35. The van der Waals surface area contributed by atoms with Crippen LogP contribution >= 0.6 is 0 Å². The molecular formula is C17H26N2O4. The number of carbonyl (C=O) groups is 2. The van der Waals surface area contributed by atoms with E-state index >= 15 is 0 Å². The average molecular weight is 322 g/mol. The van der Waals surface area contributed by atoms with Crippen LogP contribution in [0.15, 0.2) is 24.3 Å². The molecule has 0 fully saturated rings. The van der Waals surface area contributed by atoms with Crippen LogP contribution in [-0.2, 0) is 20.9 Å². The summed E-state index contributed by atoms with van der Waals surface area (Å²) in [6.07, 6.45) is 0.714. The maximum Gasteiger partial charge on any atom is 0.235 e. The molecular weight excluding hydrogens is 296 g/mol. The first-order valence-electron chi connectivity index (χ1n) is 7.60. The zero-order valence-electron chi connectivity index (χ0n) is 14.3. The summed E-state index contributed by atoms with van der Waals surface area (Å²) in [5, 5.41) is 5.55. The molecule has 1 aromatic rings. The van der Waals surface area contributed by atoms with Crippen LogP contribution in [0.1, 0.15) is 25.8 Å². The zero-order chi connectivity index (χ0) is 17.3. The van der Waals surface area contributed by atoms with Crippen LogP contribution < -0.4 is 15.4 Å².